The fourth-order valence-electron chi connectivity index (χ4n) is 4.26. The molecule has 130 valence electrons. The van der Waals surface area contributed by atoms with Crippen molar-refractivity contribution in [1.82, 2.24) is 19.6 Å². The lowest BCUT2D eigenvalue weighted by Crippen LogP contribution is -2.64. The average molecular weight is 337 g/mol. The Morgan fingerprint density at radius 1 is 1.20 bits per heavy atom. The van der Waals surface area contributed by atoms with Gasteiger partial charge in [0.2, 0.25) is 0 Å². The van der Waals surface area contributed by atoms with E-state index >= 15 is 0 Å². The Morgan fingerprint density at radius 2 is 1.96 bits per heavy atom. The highest BCUT2D eigenvalue weighted by Gasteiger charge is 2.54. The minimum atomic E-state index is 0.0389. The molecule has 25 heavy (non-hydrogen) atoms. The van der Waals surface area contributed by atoms with Gasteiger partial charge in [-0.15, -0.1) is 0 Å². The summed E-state index contributed by atoms with van der Waals surface area (Å²) in [6.07, 6.45) is 1.78. The number of nitrogens with zero attached hydrogens (tertiary/aromatic N) is 4. The van der Waals surface area contributed by atoms with Gasteiger partial charge in [-0.05, 0) is 0 Å². The summed E-state index contributed by atoms with van der Waals surface area (Å²) >= 11 is 0. The number of methoxy groups -OCH3 is 1. The molecule has 0 unspecified atom stereocenters. The first kappa shape index (κ1) is 16.0. The third-order valence-corrected chi connectivity index (χ3v) is 5.42. The Hall–Kier alpha value is -2.47. The van der Waals surface area contributed by atoms with E-state index in [1.807, 2.05) is 24.3 Å². The van der Waals surface area contributed by atoms with E-state index in [9.17, 15) is 0 Å². The Labute approximate surface area is 147 Å². The zero-order valence-corrected chi connectivity index (χ0v) is 15.0. The van der Waals surface area contributed by atoms with Gasteiger partial charge in [-0.25, -0.2) is 4.98 Å². The highest BCUT2D eigenvalue weighted by atomic mass is 16.5. The summed E-state index contributed by atoms with van der Waals surface area (Å²) in [6, 6.07) is 12.5. The molecule has 0 radical (unpaired) electrons. The number of nitrogens with one attached hydrogen (secondary N) is 1. The van der Waals surface area contributed by atoms with Crippen LogP contribution in [-0.4, -0.2) is 38.8 Å². The lowest BCUT2D eigenvalue weighted by molar-refractivity contribution is -0.126. The van der Waals surface area contributed by atoms with Crippen LogP contribution in [0.15, 0.2) is 42.7 Å². The molecule has 6 heteroatoms. The number of rotatable bonds is 4. The molecule has 0 saturated heterocycles. The smallest absolute Gasteiger partial charge is 0.254 e. The summed E-state index contributed by atoms with van der Waals surface area (Å²) in [5.41, 5.74) is 1.99. The van der Waals surface area contributed by atoms with Gasteiger partial charge in [-0.3, -0.25) is 0 Å². The zero-order valence-electron chi connectivity index (χ0n) is 15.0. The molecule has 4 rings (SSSR count). The third kappa shape index (κ3) is 2.48. The quantitative estimate of drug-likeness (QED) is 0.791. The number of anilines is 1. The second-order valence-corrected chi connectivity index (χ2v) is 7.32. The van der Waals surface area contributed by atoms with Gasteiger partial charge in [-0.1, -0.05) is 51.1 Å². The van der Waals surface area contributed by atoms with Crippen LogP contribution < -0.4 is 5.32 Å². The summed E-state index contributed by atoms with van der Waals surface area (Å²) in [6.45, 7) is 6.68. The van der Waals surface area contributed by atoms with E-state index in [2.05, 4.69) is 53.3 Å². The van der Waals surface area contributed by atoms with Gasteiger partial charge in [-0.2, -0.15) is 14.6 Å². The molecule has 2 heterocycles. The van der Waals surface area contributed by atoms with Gasteiger partial charge in [0, 0.05) is 36.1 Å². The highest BCUT2D eigenvalue weighted by molar-refractivity contribution is 5.65. The normalized spacial score (nSPS) is 24.9. The van der Waals surface area contributed by atoms with Crippen molar-refractivity contribution in [2.45, 2.75) is 32.9 Å². The van der Waals surface area contributed by atoms with E-state index in [-0.39, 0.29) is 17.6 Å². The first-order chi connectivity index (χ1) is 12.0. The summed E-state index contributed by atoms with van der Waals surface area (Å²) in [5.74, 6) is 1.91. The molecule has 3 aromatic rings. The number of fused-ring (bicyclic) bond motifs is 1. The maximum Gasteiger partial charge on any atom is 0.254 e. The number of benzene rings is 1. The van der Waals surface area contributed by atoms with Crippen molar-refractivity contribution in [2.24, 2.45) is 11.3 Å². The van der Waals surface area contributed by atoms with Crippen LogP contribution in [-0.2, 0) is 4.74 Å². The van der Waals surface area contributed by atoms with E-state index < -0.39 is 0 Å². The maximum atomic E-state index is 5.66. The summed E-state index contributed by atoms with van der Waals surface area (Å²) in [7, 11) is 1.79. The second-order valence-electron chi connectivity index (χ2n) is 7.32. The van der Waals surface area contributed by atoms with Crippen molar-refractivity contribution in [3.63, 3.8) is 0 Å². The molecule has 3 atom stereocenters. The van der Waals surface area contributed by atoms with Crippen LogP contribution in [0.2, 0.25) is 0 Å². The van der Waals surface area contributed by atoms with Crippen molar-refractivity contribution < 1.29 is 4.74 Å². The van der Waals surface area contributed by atoms with E-state index in [1.54, 1.807) is 11.6 Å². The van der Waals surface area contributed by atoms with E-state index in [0.29, 0.717) is 11.7 Å². The van der Waals surface area contributed by atoms with Gasteiger partial charge >= 0.3 is 0 Å². The average Bonchev–Trinajstić information content (AvgIpc) is 3.09. The molecule has 1 aliphatic rings. The fraction of sp³-hybridized carbons (Fsp3) is 0.421. The molecule has 0 aliphatic heterocycles. The van der Waals surface area contributed by atoms with Crippen LogP contribution in [0.5, 0.6) is 0 Å². The maximum absolute atomic E-state index is 5.66. The van der Waals surface area contributed by atoms with E-state index in [4.69, 9.17) is 4.74 Å². The molecule has 1 saturated carbocycles. The van der Waals surface area contributed by atoms with Crippen molar-refractivity contribution in [3.05, 3.63) is 42.7 Å². The van der Waals surface area contributed by atoms with Crippen molar-refractivity contribution >= 4 is 11.6 Å². The molecule has 6 nitrogen and oxygen atoms in total. The van der Waals surface area contributed by atoms with E-state index in [1.165, 1.54) is 6.33 Å². The van der Waals surface area contributed by atoms with Crippen LogP contribution >= 0.6 is 0 Å². The van der Waals surface area contributed by atoms with Gasteiger partial charge in [0.1, 0.15) is 12.1 Å². The Morgan fingerprint density at radius 3 is 2.64 bits per heavy atom. The minimum Gasteiger partial charge on any atom is -0.380 e. The van der Waals surface area contributed by atoms with Crippen LogP contribution in [0.4, 0.5) is 5.82 Å². The molecular weight excluding hydrogens is 314 g/mol. The Kier molecular flexibility index (Phi) is 3.72. The summed E-state index contributed by atoms with van der Waals surface area (Å²) in [4.78, 5) is 8.91. The molecule has 1 N–H and O–H groups in total. The monoisotopic (exact) mass is 337 g/mol. The number of ether oxygens (including phenoxy) is 1. The molecule has 2 aromatic heterocycles. The lowest BCUT2D eigenvalue weighted by atomic mass is 9.58. The third-order valence-electron chi connectivity index (χ3n) is 5.42. The number of hydrogen-bond acceptors (Lipinski definition) is 5. The molecule has 1 aliphatic carbocycles. The SMILES string of the molecule is CO[C@@H]1[C@H](C)[C@@H](Nc2cc(-c3ccccc3)nc3ncnn23)C1(C)C. The topological polar surface area (TPSA) is 64.3 Å². The Bertz CT molecular complexity index is 889. The van der Waals surface area contributed by atoms with Crippen LogP contribution in [0.3, 0.4) is 0 Å². The first-order valence-corrected chi connectivity index (χ1v) is 8.58. The van der Waals surface area contributed by atoms with Crippen LogP contribution in [0, 0.1) is 11.3 Å². The molecule has 1 fully saturated rings. The van der Waals surface area contributed by atoms with Crippen molar-refractivity contribution in [3.8, 4) is 11.3 Å². The molecular formula is C19H23N5O. The summed E-state index contributed by atoms with van der Waals surface area (Å²) in [5, 5.41) is 7.99. The fourth-order valence-corrected chi connectivity index (χ4v) is 4.26. The Balaban J connectivity index is 1.73. The number of hydrogen-bond donors (Lipinski definition) is 1. The number of aromatic nitrogens is 4. The van der Waals surface area contributed by atoms with Gasteiger partial charge < -0.3 is 10.1 Å². The van der Waals surface area contributed by atoms with Gasteiger partial charge in [0.15, 0.2) is 0 Å². The predicted octanol–water partition coefficient (Wildman–Crippen LogP) is 3.26. The largest absolute Gasteiger partial charge is 0.380 e. The van der Waals surface area contributed by atoms with E-state index in [0.717, 1.165) is 17.1 Å². The van der Waals surface area contributed by atoms with Gasteiger partial charge in [0.25, 0.3) is 5.78 Å². The standard InChI is InChI=1S/C19H23N5O/c1-12-16(19(2,3)17(12)25-4)23-15-10-14(13-8-6-5-7-9-13)22-18-20-11-21-24(15)18/h5-12,16-17,23H,1-4H3/t12-,16-,17-/m1/s1. The van der Waals surface area contributed by atoms with Crippen LogP contribution in [0.25, 0.3) is 17.0 Å². The van der Waals surface area contributed by atoms with Crippen molar-refractivity contribution in [1.29, 1.82) is 0 Å². The first-order valence-electron chi connectivity index (χ1n) is 8.58. The predicted molar refractivity (Wildman–Crippen MR) is 97.4 cm³/mol. The molecule has 0 amide bonds. The zero-order chi connectivity index (χ0) is 17.6. The molecule has 0 bridgehead atoms. The van der Waals surface area contributed by atoms with Gasteiger partial charge in [0.05, 0.1) is 11.8 Å². The van der Waals surface area contributed by atoms with Crippen molar-refractivity contribution in [2.75, 3.05) is 12.4 Å². The van der Waals surface area contributed by atoms with Crippen LogP contribution in [0.1, 0.15) is 20.8 Å². The highest BCUT2D eigenvalue weighted by Crippen LogP contribution is 2.48. The second kappa shape index (κ2) is 5.81. The summed E-state index contributed by atoms with van der Waals surface area (Å²) < 4.78 is 7.42. The minimum absolute atomic E-state index is 0.0389. The lowest BCUT2D eigenvalue weighted by Gasteiger charge is -2.56. The molecule has 0 spiro atoms. The molecule has 1 aromatic carbocycles.